The van der Waals surface area contributed by atoms with Crippen LogP contribution in [0.2, 0.25) is 0 Å². The van der Waals surface area contributed by atoms with E-state index in [1.54, 1.807) is 0 Å². The summed E-state index contributed by atoms with van der Waals surface area (Å²) in [5.41, 5.74) is 0. The van der Waals surface area contributed by atoms with Gasteiger partial charge in [0.1, 0.15) is 12.6 Å². The summed E-state index contributed by atoms with van der Waals surface area (Å²) >= 11 is 0. The molecule has 0 aliphatic rings. The zero-order valence-corrected chi connectivity index (χ0v) is 20.4. The first-order chi connectivity index (χ1) is 15.2. The molecule has 5 heteroatoms. The van der Waals surface area contributed by atoms with Gasteiger partial charge in [-0.15, -0.1) is 0 Å². The summed E-state index contributed by atoms with van der Waals surface area (Å²) in [5, 5.41) is 2.57. The maximum absolute atomic E-state index is 12.2. The lowest BCUT2D eigenvalue weighted by molar-refractivity contribution is -0.146. The van der Waals surface area contributed by atoms with E-state index in [0.717, 1.165) is 19.3 Å². The van der Waals surface area contributed by atoms with Gasteiger partial charge in [0, 0.05) is 0 Å². The van der Waals surface area contributed by atoms with E-state index in [0.29, 0.717) is 13.0 Å². The van der Waals surface area contributed by atoms with Crippen LogP contribution in [0, 0.1) is 0 Å². The zero-order valence-electron chi connectivity index (χ0n) is 20.4. The van der Waals surface area contributed by atoms with Crippen molar-refractivity contribution < 1.29 is 19.1 Å². The Hall–Kier alpha value is -1.52. The Labute approximate surface area is 191 Å². The van der Waals surface area contributed by atoms with Crippen molar-refractivity contribution in [2.24, 2.45) is 0 Å². The van der Waals surface area contributed by atoms with Crippen molar-refractivity contribution in [3.8, 4) is 0 Å². The lowest BCUT2D eigenvalue weighted by Gasteiger charge is -2.16. The van der Waals surface area contributed by atoms with Crippen LogP contribution in [-0.2, 0) is 14.3 Å². The van der Waals surface area contributed by atoms with Gasteiger partial charge in [-0.25, -0.2) is 9.59 Å². The molecule has 0 radical (unpaired) electrons. The van der Waals surface area contributed by atoms with Crippen LogP contribution in [0.3, 0.4) is 0 Å². The summed E-state index contributed by atoms with van der Waals surface area (Å²) in [7, 11) is 0. The minimum absolute atomic E-state index is 0.124. The molecule has 31 heavy (non-hydrogen) atoms. The Bertz CT molecular complexity index is 439. The molecule has 0 heterocycles. The Kier molecular flexibility index (Phi) is 22.0. The van der Waals surface area contributed by atoms with Crippen LogP contribution in [0.5, 0.6) is 0 Å². The number of nitrogens with one attached hydrogen (secondary N) is 1. The normalized spacial score (nSPS) is 11.7. The molecule has 0 bridgehead atoms. The molecule has 0 aromatic rings. The standard InChI is InChI=1S/C26H49NO4/c1-4-7-8-9-10-11-12-13-14-15-16-17-18-19-20-23-30-25(28)24(21-5-2)27-26(29)31-22-6-3/h6,24H,3-5,7-23H2,1-2H3,(H,27,29). The van der Waals surface area contributed by atoms with Crippen LogP contribution in [0.15, 0.2) is 12.7 Å². The second-order valence-corrected chi connectivity index (χ2v) is 8.49. The van der Waals surface area contributed by atoms with Gasteiger partial charge in [-0.1, -0.05) is 123 Å². The molecule has 0 saturated carbocycles. The van der Waals surface area contributed by atoms with Crippen molar-refractivity contribution in [2.45, 2.75) is 129 Å². The van der Waals surface area contributed by atoms with Crippen LogP contribution in [-0.4, -0.2) is 31.3 Å². The molecule has 182 valence electrons. The van der Waals surface area contributed by atoms with Gasteiger partial charge in [0.2, 0.25) is 0 Å². The molecule has 5 nitrogen and oxygen atoms in total. The summed E-state index contributed by atoms with van der Waals surface area (Å²) in [5.74, 6) is -0.372. The molecule has 1 atom stereocenters. The van der Waals surface area contributed by atoms with E-state index in [4.69, 9.17) is 9.47 Å². The van der Waals surface area contributed by atoms with E-state index >= 15 is 0 Å². The number of alkyl carbamates (subject to hydrolysis) is 1. The highest BCUT2D eigenvalue weighted by Gasteiger charge is 2.21. The maximum Gasteiger partial charge on any atom is 0.408 e. The summed E-state index contributed by atoms with van der Waals surface area (Å²) in [6.45, 7) is 8.27. The molecule has 0 aromatic heterocycles. The fraction of sp³-hybridized carbons (Fsp3) is 0.846. The fourth-order valence-electron chi connectivity index (χ4n) is 3.60. The maximum atomic E-state index is 12.2. The predicted molar refractivity (Wildman–Crippen MR) is 129 cm³/mol. The van der Waals surface area contributed by atoms with E-state index in [-0.39, 0.29) is 12.6 Å². The van der Waals surface area contributed by atoms with Crippen LogP contribution in [0.25, 0.3) is 0 Å². The molecular weight excluding hydrogens is 390 g/mol. The van der Waals surface area contributed by atoms with Crippen molar-refractivity contribution in [1.29, 1.82) is 0 Å². The Morgan fingerprint density at radius 3 is 1.68 bits per heavy atom. The molecule has 0 aromatic carbocycles. The quantitative estimate of drug-likeness (QED) is 0.108. The molecule has 0 aliphatic carbocycles. The number of esters is 1. The third-order valence-electron chi connectivity index (χ3n) is 5.48. The number of ether oxygens (including phenoxy) is 2. The van der Waals surface area contributed by atoms with Crippen LogP contribution in [0.1, 0.15) is 123 Å². The molecule has 0 aliphatic heterocycles. The van der Waals surface area contributed by atoms with Gasteiger partial charge in [0.15, 0.2) is 0 Å². The third-order valence-corrected chi connectivity index (χ3v) is 5.48. The first-order valence-electron chi connectivity index (χ1n) is 12.9. The largest absolute Gasteiger partial charge is 0.464 e. The second kappa shape index (κ2) is 23.1. The minimum atomic E-state index is -0.640. The molecule has 0 spiro atoms. The number of carbonyl (C=O) groups is 2. The molecule has 1 N–H and O–H groups in total. The molecular formula is C26H49NO4. The summed E-state index contributed by atoms with van der Waals surface area (Å²) in [6.07, 6.45) is 21.8. The zero-order chi connectivity index (χ0) is 23.0. The number of hydrogen-bond donors (Lipinski definition) is 1. The number of unbranched alkanes of at least 4 members (excludes halogenated alkanes) is 14. The van der Waals surface area contributed by atoms with Gasteiger partial charge in [-0.05, 0) is 12.8 Å². The van der Waals surface area contributed by atoms with Crippen molar-refractivity contribution in [3.63, 3.8) is 0 Å². The Morgan fingerprint density at radius 2 is 1.23 bits per heavy atom. The first kappa shape index (κ1) is 29.5. The topological polar surface area (TPSA) is 64.6 Å². The molecule has 0 fully saturated rings. The number of carbonyl (C=O) groups excluding carboxylic acids is 2. The van der Waals surface area contributed by atoms with Gasteiger partial charge < -0.3 is 14.8 Å². The second-order valence-electron chi connectivity index (χ2n) is 8.49. The third kappa shape index (κ3) is 20.2. The van der Waals surface area contributed by atoms with E-state index in [2.05, 4.69) is 18.8 Å². The van der Waals surface area contributed by atoms with Crippen LogP contribution >= 0.6 is 0 Å². The number of rotatable bonds is 22. The highest BCUT2D eigenvalue weighted by atomic mass is 16.6. The summed E-state index contributed by atoms with van der Waals surface area (Å²) in [6, 6.07) is -0.640. The monoisotopic (exact) mass is 439 g/mol. The highest BCUT2D eigenvalue weighted by molar-refractivity contribution is 5.81. The summed E-state index contributed by atoms with van der Waals surface area (Å²) < 4.78 is 10.2. The van der Waals surface area contributed by atoms with Gasteiger partial charge in [-0.2, -0.15) is 0 Å². The van der Waals surface area contributed by atoms with Crippen molar-refractivity contribution in [2.75, 3.05) is 13.2 Å². The molecule has 0 rings (SSSR count). The Balaban J connectivity index is 3.54. The van der Waals surface area contributed by atoms with Crippen molar-refractivity contribution in [1.82, 2.24) is 5.32 Å². The molecule has 1 amide bonds. The van der Waals surface area contributed by atoms with Gasteiger partial charge in [-0.3, -0.25) is 0 Å². The van der Waals surface area contributed by atoms with E-state index in [1.807, 2.05) is 6.92 Å². The summed E-state index contributed by atoms with van der Waals surface area (Å²) in [4.78, 5) is 23.8. The van der Waals surface area contributed by atoms with Crippen molar-refractivity contribution >= 4 is 12.1 Å². The number of hydrogen-bond acceptors (Lipinski definition) is 4. The van der Waals surface area contributed by atoms with Crippen molar-refractivity contribution in [3.05, 3.63) is 12.7 Å². The minimum Gasteiger partial charge on any atom is -0.464 e. The molecule has 1 unspecified atom stereocenters. The van der Waals surface area contributed by atoms with Gasteiger partial charge in [0.05, 0.1) is 6.61 Å². The highest BCUT2D eigenvalue weighted by Crippen LogP contribution is 2.13. The van der Waals surface area contributed by atoms with E-state index in [1.165, 1.54) is 89.5 Å². The van der Waals surface area contributed by atoms with Crippen LogP contribution < -0.4 is 5.32 Å². The fourth-order valence-corrected chi connectivity index (χ4v) is 3.60. The predicted octanol–water partition coefficient (Wildman–Crippen LogP) is 7.48. The molecule has 0 saturated heterocycles. The lowest BCUT2D eigenvalue weighted by atomic mass is 10.0. The lowest BCUT2D eigenvalue weighted by Crippen LogP contribution is -2.42. The SMILES string of the molecule is C=CCOC(=O)NC(CCC)C(=O)OCCCCCCCCCCCCCCCCC. The first-order valence-corrected chi connectivity index (χ1v) is 12.9. The van der Waals surface area contributed by atoms with Gasteiger partial charge in [0.25, 0.3) is 0 Å². The Morgan fingerprint density at radius 1 is 0.742 bits per heavy atom. The smallest absolute Gasteiger partial charge is 0.408 e. The average molecular weight is 440 g/mol. The van der Waals surface area contributed by atoms with E-state index in [9.17, 15) is 9.59 Å². The average Bonchev–Trinajstić information content (AvgIpc) is 2.77. The number of amides is 1. The van der Waals surface area contributed by atoms with E-state index < -0.39 is 12.1 Å². The van der Waals surface area contributed by atoms with Crippen LogP contribution in [0.4, 0.5) is 4.79 Å². The van der Waals surface area contributed by atoms with Gasteiger partial charge >= 0.3 is 12.1 Å².